The van der Waals surface area contributed by atoms with Crippen LogP contribution in [0.1, 0.15) is 24.0 Å². The van der Waals surface area contributed by atoms with Gasteiger partial charge in [-0.25, -0.2) is 4.39 Å². The molecule has 0 bridgehead atoms. The zero-order valence-electron chi connectivity index (χ0n) is 9.05. The number of halogens is 3. The standard InChI is InChI=1S/C12H12F3NO/c13-10-8(6-16)2-1-3-9(10)12(14,15)11(17)7-4-5-7/h1-3,7H,4-6,16H2. The highest BCUT2D eigenvalue weighted by atomic mass is 19.3. The molecule has 0 aromatic heterocycles. The van der Waals surface area contributed by atoms with Gasteiger partial charge in [-0.05, 0) is 18.9 Å². The Kier molecular flexibility index (Phi) is 2.95. The number of ketones is 1. The van der Waals surface area contributed by atoms with Gasteiger partial charge in [0.2, 0.25) is 5.78 Å². The Morgan fingerprint density at radius 2 is 2.06 bits per heavy atom. The van der Waals surface area contributed by atoms with Crippen LogP contribution in [0.4, 0.5) is 13.2 Å². The van der Waals surface area contributed by atoms with Crippen LogP contribution >= 0.6 is 0 Å². The van der Waals surface area contributed by atoms with Crippen LogP contribution in [0, 0.1) is 11.7 Å². The minimum atomic E-state index is -3.75. The zero-order chi connectivity index (χ0) is 12.6. The van der Waals surface area contributed by atoms with Crippen LogP contribution in [0.15, 0.2) is 18.2 Å². The van der Waals surface area contributed by atoms with E-state index in [0.29, 0.717) is 12.8 Å². The van der Waals surface area contributed by atoms with Crippen molar-refractivity contribution in [3.63, 3.8) is 0 Å². The smallest absolute Gasteiger partial charge is 0.326 e. The van der Waals surface area contributed by atoms with Gasteiger partial charge in [-0.1, -0.05) is 12.1 Å². The summed E-state index contributed by atoms with van der Waals surface area (Å²) in [7, 11) is 0. The second-order valence-corrected chi connectivity index (χ2v) is 4.20. The molecule has 2 rings (SSSR count). The average molecular weight is 243 g/mol. The second-order valence-electron chi connectivity index (χ2n) is 4.20. The summed E-state index contributed by atoms with van der Waals surface area (Å²) < 4.78 is 41.3. The fourth-order valence-corrected chi connectivity index (χ4v) is 1.71. The Morgan fingerprint density at radius 1 is 1.41 bits per heavy atom. The molecule has 92 valence electrons. The molecule has 0 heterocycles. The minimum Gasteiger partial charge on any atom is -0.326 e. The van der Waals surface area contributed by atoms with E-state index in [2.05, 4.69) is 0 Å². The van der Waals surface area contributed by atoms with Crippen molar-refractivity contribution in [3.05, 3.63) is 35.1 Å². The van der Waals surface area contributed by atoms with Crippen molar-refractivity contribution in [2.75, 3.05) is 0 Å². The number of Topliss-reactive ketones (excluding diaryl/α,β-unsaturated/α-hetero) is 1. The molecule has 2 nitrogen and oxygen atoms in total. The quantitative estimate of drug-likeness (QED) is 0.882. The Morgan fingerprint density at radius 3 is 2.59 bits per heavy atom. The predicted molar refractivity (Wildman–Crippen MR) is 55.9 cm³/mol. The summed E-state index contributed by atoms with van der Waals surface area (Å²) in [6, 6.07) is 3.56. The molecular weight excluding hydrogens is 231 g/mol. The molecule has 17 heavy (non-hydrogen) atoms. The van der Waals surface area contributed by atoms with Crippen molar-refractivity contribution < 1.29 is 18.0 Å². The van der Waals surface area contributed by atoms with Crippen LogP contribution in [0.5, 0.6) is 0 Å². The molecule has 1 fully saturated rings. The van der Waals surface area contributed by atoms with E-state index in [-0.39, 0.29) is 12.1 Å². The first-order valence-corrected chi connectivity index (χ1v) is 5.38. The topological polar surface area (TPSA) is 43.1 Å². The summed E-state index contributed by atoms with van der Waals surface area (Å²) in [5.41, 5.74) is 4.37. The van der Waals surface area contributed by atoms with Crippen LogP contribution in [-0.2, 0) is 17.3 Å². The zero-order valence-corrected chi connectivity index (χ0v) is 9.05. The van der Waals surface area contributed by atoms with Gasteiger partial charge in [0.05, 0.1) is 5.56 Å². The van der Waals surface area contributed by atoms with Gasteiger partial charge in [0.1, 0.15) is 5.82 Å². The molecule has 1 aliphatic carbocycles. The summed E-state index contributed by atoms with van der Waals surface area (Å²) in [4.78, 5) is 11.4. The van der Waals surface area contributed by atoms with E-state index in [1.165, 1.54) is 12.1 Å². The largest absolute Gasteiger partial charge is 0.333 e. The molecule has 1 aromatic carbocycles. The lowest BCUT2D eigenvalue weighted by molar-refractivity contribution is -0.146. The first-order chi connectivity index (χ1) is 7.98. The summed E-state index contributed by atoms with van der Waals surface area (Å²) in [6.07, 6.45) is 0.930. The highest BCUT2D eigenvalue weighted by Gasteiger charge is 2.49. The number of nitrogens with two attached hydrogens (primary N) is 1. The number of benzene rings is 1. The van der Waals surface area contributed by atoms with Gasteiger partial charge < -0.3 is 5.73 Å². The Labute approximate surface area is 96.6 Å². The number of hydrogen-bond donors (Lipinski definition) is 1. The lowest BCUT2D eigenvalue weighted by Gasteiger charge is -2.17. The fraction of sp³-hybridized carbons (Fsp3) is 0.417. The lowest BCUT2D eigenvalue weighted by Crippen LogP contribution is -2.29. The Hall–Kier alpha value is -1.36. The predicted octanol–water partition coefficient (Wildman–Crippen LogP) is 2.36. The van der Waals surface area contributed by atoms with Gasteiger partial charge in [0.25, 0.3) is 0 Å². The first kappa shape index (κ1) is 12.1. The van der Waals surface area contributed by atoms with E-state index in [0.717, 1.165) is 6.07 Å². The van der Waals surface area contributed by atoms with Crippen LogP contribution in [0.2, 0.25) is 0 Å². The molecule has 5 heteroatoms. The molecule has 1 aliphatic rings. The molecule has 0 aliphatic heterocycles. The van der Waals surface area contributed by atoms with Gasteiger partial charge in [-0.2, -0.15) is 8.78 Å². The van der Waals surface area contributed by atoms with Crippen molar-refractivity contribution in [3.8, 4) is 0 Å². The van der Waals surface area contributed by atoms with Crippen LogP contribution < -0.4 is 5.73 Å². The molecule has 1 aromatic rings. The van der Waals surface area contributed by atoms with E-state index in [4.69, 9.17) is 5.73 Å². The summed E-state index contributed by atoms with van der Waals surface area (Å²) in [6.45, 7) is -0.173. The molecule has 1 saturated carbocycles. The Bertz CT molecular complexity index is 455. The van der Waals surface area contributed by atoms with Crippen molar-refractivity contribution in [1.82, 2.24) is 0 Å². The number of alkyl halides is 2. The van der Waals surface area contributed by atoms with E-state index < -0.39 is 29.0 Å². The maximum absolute atomic E-state index is 13.8. The highest BCUT2D eigenvalue weighted by Crippen LogP contribution is 2.41. The average Bonchev–Trinajstić information content (AvgIpc) is 3.12. The van der Waals surface area contributed by atoms with Gasteiger partial charge >= 0.3 is 5.92 Å². The second kappa shape index (κ2) is 4.14. The summed E-state index contributed by atoms with van der Waals surface area (Å²) in [5.74, 6) is -6.64. The monoisotopic (exact) mass is 243 g/mol. The van der Waals surface area contributed by atoms with Gasteiger partial charge in [0.15, 0.2) is 0 Å². The molecule has 0 atom stereocenters. The third kappa shape index (κ3) is 2.07. The molecule has 0 amide bonds. The highest BCUT2D eigenvalue weighted by molar-refractivity contribution is 5.90. The summed E-state index contributed by atoms with van der Waals surface area (Å²) >= 11 is 0. The maximum Gasteiger partial charge on any atom is 0.333 e. The number of carbonyl (C=O) groups is 1. The third-order valence-corrected chi connectivity index (χ3v) is 2.89. The van der Waals surface area contributed by atoms with E-state index in [1.807, 2.05) is 0 Å². The maximum atomic E-state index is 13.8. The fourth-order valence-electron chi connectivity index (χ4n) is 1.71. The lowest BCUT2D eigenvalue weighted by atomic mass is 9.98. The molecule has 0 radical (unpaired) electrons. The number of carbonyl (C=O) groups excluding carboxylic acids is 1. The first-order valence-electron chi connectivity index (χ1n) is 5.38. The minimum absolute atomic E-state index is 0.00854. The molecule has 0 spiro atoms. The van der Waals surface area contributed by atoms with Crippen LogP contribution in [0.25, 0.3) is 0 Å². The Balaban J connectivity index is 2.41. The number of hydrogen-bond acceptors (Lipinski definition) is 2. The van der Waals surface area contributed by atoms with Crippen molar-refractivity contribution in [2.45, 2.75) is 25.3 Å². The normalized spacial score (nSPS) is 16.0. The SMILES string of the molecule is NCc1cccc(C(F)(F)C(=O)C2CC2)c1F. The van der Waals surface area contributed by atoms with Gasteiger partial charge in [0, 0.05) is 18.0 Å². The molecule has 2 N–H and O–H groups in total. The molecular formula is C12H12F3NO. The van der Waals surface area contributed by atoms with Crippen molar-refractivity contribution in [2.24, 2.45) is 11.7 Å². The van der Waals surface area contributed by atoms with Crippen molar-refractivity contribution >= 4 is 5.78 Å². The number of rotatable bonds is 4. The van der Waals surface area contributed by atoms with Gasteiger partial charge in [-0.15, -0.1) is 0 Å². The summed E-state index contributed by atoms with van der Waals surface area (Å²) in [5, 5.41) is 0. The molecule has 0 unspecified atom stereocenters. The van der Waals surface area contributed by atoms with Crippen LogP contribution in [0.3, 0.4) is 0 Å². The molecule has 0 saturated heterocycles. The van der Waals surface area contributed by atoms with Crippen molar-refractivity contribution in [1.29, 1.82) is 0 Å². The van der Waals surface area contributed by atoms with E-state index in [9.17, 15) is 18.0 Å². The van der Waals surface area contributed by atoms with E-state index >= 15 is 0 Å². The van der Waals surface area contributed by atoms with E-state index in [1.54, 1.807) is 0 Å². The van der Waals surface area contributed by atoms with Crippen LogP contribution in [-0.4, -0.2) is 5.78 Å². The third-order valence-electron chi connectivity index (χ3n) is 2.89. The van der Waals surface area contributed by atoms with Gasteiger partial charge in [-0.3, -0.25) is 4.79 Å².